The van der Waals surface area contributed by atoms with Crippen LogP contribution in [-0.2, 0) is 4.74 Å². The molecule has 0 aliphatic carbocycles. The number of hydrogen-bond donors (Lipinski definition) is 1. The number of hydrogen-bond acceptors (Lipinski definition) is 5. The van der Waals surface area contributed by atoms with Gasteiger partial charge in [-0.3, -0.25) is 0 Å². The van der Waals surface area contributed by atoms with E-state index in [4.69, 9.17) is 4.74 Å². The van der Waals surface area contributed by atoms with E-state index in [1.165, 1.54) is 25.7 Å². The summed E-state index contributed by atoms with van der Waals surface area (Å²) >= 11 is 0. The summed E-state index contributed by atoms with van der Waals surface area (Å²) in [6.07, 6.45) is 9.95. The van der Waals surface area contributed by atoms with E-state index in [9.17, 15) is 0 Å². The van der Waals surface area contributed by atoms with Crippen LogP contribution in [-0.4, -0.2) is 43.3 Å². The summed E-state index contributed by atoms with van der Waals surface area (Å²) in [5, 5.41) is 3.36. The van der Waals surface area contributed by atoms with Crippen molar-refractivity contribution in [2.24, 2.45) is 0 Å². The van der Waals surface area contributed by atoms with Crippen molar-refractivity contribution in [2.75, 3.05) is 37.5 Å². The summed E-state index contributed by atoms with van der Waals surface area (Å²) in [4.78, 5) is 10.6. The molecule has 1 aliphatic rings. The molecular weight excluding hydrogens is 240 g/mol. The largest absolute Gasteiger partial charge is 0.378 e. The highest BCUT2D eigenvalue weighted by atomic mass is 16.5. The van der Waals surface area contributed by atoms with Crippen LogP contribution in [0.4, 0.5) is 11.6 Å². The molecule has 5 nitrogen and oxygen atoms in total. The van der Waals surface area contributed by atoms with E-state index < -0.39 is 0 Å². The van der Waals surface area contributed by atoms with Crippen LogP contribution < -0.4 is 10.2 Å². The van der Waals surface area contributed by atoms with Crippen molar-refractivity contribution in [3.63, 3.8) is 0 Å². The van der Waals surface area contributed by atoms with Crippen LogP contribution in [0.1, 0.15) is 32.1 Å². The number of aromatic nitrogens is 2. The van der Waals surface area contributed by atoms with Crippen molar-refractivity contribution in [3.05, 3.63) is 12.4 Å². The molecule has 1 atom stereocenters. The lowest BCUT2D eigenvalue weighted by atomic mass is 10.1. The van der Waals surface area contributed by atoms with Gasteiger partial charge in [0, 0.05) is 39.6 Å². The summed E-state index contributed by atoms with van der Waals surface area (Å²) < 4.78 is 5.62. The molecule has 19 heavy (non-hydrogen) atoms. The number of ether oxygens (including phenoxy) is 1. The molecule has 5 heteroatoms. The average molecular weight is 264 g/mol. The Balaban J connectivity index is 1.67. The van der Waals surface area contributed by atoms with E-state index in [0.29, 0.717) is 6.10 Å². The maximum atomic E-state index is 5.62. The highest BCUT2D eigenvalue weighted by molar-refractivity contribution is 5.59. The Labute approximate surface area is 115 Å². The zero-order chi connectivity index (χ0) is 13.5. The molecule has 0 bridgehead atoms. The Kier molecular flexibility index (Phi) is 5.39. The predicted octanol–water partition coefficient (Wildman–Crippen LogP) is 2.30. The third-order valence-corrected chi connectivity index (χ3v) is 3.37. The summed E-state index contributed by atoms with van der Waals surface area (Å²) in [6.45, 7) is 1.89. The third kappa shape index (κ3) is 4.35. The van der Waals surface area contributed by atoms with E-state index in [-0.39, 0.29) is 0 Å². The van der Waals surface area contributed by atoms with E-state index in [0.717, 1.165) is 31.2 Å². The van der Waals surface area contributed by atoms with Gasteiger partial charge < -0.3 is 15.0 Å². The van der Waals surface area contributed by atoms with Gasteiger partial charge in [-0.1, -0.05) is 0 Å². The molecule has 2 heterocycles. The van der Waals surface area contributed by atoms with Crippen molar-refractivity contribution in [1.82, 2.24) is 9.97 Å². The molecule has 1 unspecified atom stereocenters. The van der Waals surface area contributed by atoms with Gasteiger partial charge in [-0.05, 0) is 32.1 Å². The van der Waals surface area contributed by atoms with Crippen LogP contribution in [0.25, 0.3) is 0 Å². The van der Waals surface area contributed by atoms with Crippen LogP contribution in [0.15, 0.2) is 12.4 Å². The molecule has 1 N–H and O–H groups in total. The van der Waals surface area contributed by atoms with Crippen molar-refractivity contribution in [2.45, 2.75) is 38.2 Å². The van der Waals surface area contributed by atoms with Crippen molar-refractivity contribution < 1.29 is 4.74 Å². The first-order valence-corrected chi connectivity index (χ1v) is 7.11. The molecule has 2 rings (SSSR count). The molecule has 0 saturated carbocycles. The maximum Gasteiger partial charge on any atom is 0.171 e. The Morgan fingerprint density at radius 3 is 2.89 bits per heavy atom. The fourth-order valence-corrected chi connectivity index (χ4v) is 2.36. The molecule has 1 aromatic rings. The Bertz CT molecular complexity index is 377. The van der Waals surface area contributed by atoms with Gasteiger partial charge in [-0.15, -0.1) is 0 Å². The topological polar surface area (TPSA) is 50.3 Å². The smallest absolute Gasteiger partial charge is 0.171 e. The molecule has 0 aromatic carbocycles. The van der Waals surface area contributed by atoms with E-state index >= 15 is 0 Å². The number of nitrogens with one attached hydrogen (secondary N) is 1. The number of anilines is 2. The molecular formula is C14H24N4O. The molecule has 0 amide bonds. The first-order valence-electron chi connectivity index (χ1n) is 7.11. The van der Waals surface area contributed by atoms with Gasteiger partial charge in [0.05, 0.1) is 6.10 Å². The second kappa shape index (κ2) is 7.28. The SMILES string of the molecule is CN(C)c1nccnc1NCCCCC1CCCO1. The summed E-state index contributed by atoms with van der Waals surface area (Å²) in [7, 11) is 3.96. The summed E-state index contributed by atoms with van der Waals surface area (Å²) in [6, 6.07) is 0. The predicted molar refractivity (Wildman–Crippen MR) is 77.7 cm³/mol. The van der Waals surface area contributed by atoms with Crippen LogP contribution in [0.5, 0.6) is 0 Å². The Morgan fingerprint density at radius 2 is 2.16 bits per heavy atom. The highest BCUT2D eigenvalue weighted by Gasteiger charge is 2.14. The summed E-state index contributed by atoms with van der Waals surface area (Å²) in [5.41, 5.74) is 0. The van der Waals surface area contributed by atoms with Crippen molar-refractivity contribution in [1.29, 1.82) is 0 Å². The average Bonchev–Trinajstić information content (AvgIpc) is 2.92. The monoisotopic (exact) mass is 264 g/mol. The number of rotatable bonds is 7. The van der Waals surface area contributed by atoms with Gasteiger partial charge in [-0.25, -0.2) is 9.97 Å². The van der Waals surface area contributed by atoms with Crippen LogP contribution in [0.3, 0.4) is 0 Å². The second-order valence-electron chi connectivity index (χ2n) is 5.18. The molecule has 0 spiro atoms. The van der Waals surface area contributed by atoms with Crippen LogP contribution in [0.2, 0.25) is 0 Å². The van der Waals surface area contributed by atoms with Crippen LogP contribution in [0, 0.1) is 0 Å². The first-order chi connectivity index (χ1) is 9.27. The van der Waals surface area contributed by atoms with Crippen LogP contribution >= 0.6 is 0 Å². The van der Waals surface area contributed by atoms with Gasteiger partial charge in [0.1, 0.15) is 0 Å². The van der Waals surface area contributed by atoms with E-state index in [1.54, 1.807) is 12.4 Å². The normalized spacial score (nSPS) is 18.5. The standard InChI is InChI=1S/C14H24N4O/c1-18(2)14-13(16-9-10-17-14)15-8-4-3-6-12-7-5-11-19-12/h9-10,12H,3-8,11H2,1-2H3,(H,15,16). The van der Waals surface area contributed by atoms with Gasteiger partial charge in [0.2, 0.25) is 0 Å². The number of unbranched alkanes of at least 4 members (excludes halogenated alkanes) is 1. The third-order valence-electron chi connectivity index (χ3n) is 3.37. The lowest BCUT2D eigenvalue weighted by Gasteiger charge is -2.15. The fourth-order valence-electron chi connectivity index (χ4n) is 2.36. The Morgan fingerprint density at radius 1 is 1.32 bits per heavy atom. The van der Waals surface area contributed by atoms with Gasteiger partial charge in [0.15, 0.2) is 11.6 Å². The maximum absolute atomic E-state index is 5.62. The highest BCUT2D eigenvalue weighted by Crippen LogP contribution is 2.19. The minimum atomic E-state index is 0.508. The fraction of sp³-hybridized carbons (Fsp3) is 0.714. The first kappa shape index (κ1) is 14.1. The van der Waals surface area contributed by atoms with Gasteiger partial charge in [-0.2, -0.15) is 0 Å². The summed E-state index contributed by atoms with van der Waals surface area (Å²) in [5.74, 6) is 1.76. The molecule has 0 radical (unpaired) electrons. The molecule has 1 aliphatic heterocycles. The van der Waals surface area contributed by atoms with Gasteiger partial charge >= 0.3 is 0 Å². The number of nitrogens with zero attached hydrogens (tertiary/aromatic N) is 3. The molecule has 1 aromatic heterocycles. The molecule has 1 fully saturated rings. The van der Waals surface area contributed by atoms with Gasteiger partial charge in [0.25, 0.3) is 0 Å². The minimum absolute atomic E-state index is 0.508. The van der Waals surface area contributed by atoms with Crippen molar-refractivity contribution >= 4 is 11.6 Å². The zero-order valence-electron chi connectivity index (χ0n) is 11.9. The molecule has 106 valence electrons. The zero-order valence-corrected chi connectivity index (χ0v) is 11.9. The lowest BCUT2D eigenvalue weighted by Crippen LogP contribution is -2.15. The lowest BCUT2D eigenvalue weighted by molar-refractivity contribution is 0.102. The van der Waals surface area contributed by atoms with E-state index in [1.807, 2.05) is 19.0 Å². The second-order valence-corrected chi connectivity index (χ2v) is 5.18. The van der Waals surface area contributed by atoms with E-state index in [2.05, 4.69) is 15.3 Å². The van der Waals surface area contributed by atoms with Crippen molar-refractivity contribution in [3.8, 4) is 0 Å². The minimum Gasteiger partial charge on any atom is -0.378 e. The Hall–Kier alpha value is -1.36. The molecule has 1 saturated heterocycles. The quantitative estimate of drug-likeness (QED) is 0.766.